The van der Waals surface area contributed by atoms with Crippen molar-refractivity contribution in [3.05, 3.63) is 0 Å². The predicted molar refractivity (Wildman–Crippen MR) is 67.4 cm³/mol. The molecule has 94 valence electrons. The third kappa shape index (κ3) is 4.12. The Bertz CT molecular complexity index is 218. The molecule has 1 rings (SSSR count). The van der Waals surface area contributed by atoms with Gasteiger partial charge in [0.1, 0.15) is 0 Å². The quantitative estimate of drug-likeness (QED) is 0.778. The van der Waals surface area contributed by atoms with Crippen LogP contribution < -0.4 is 5.32 Å². The molecule has 16 heavy (non-hydrogen) atoms. The van der Waals surface area contributed by atoms with E-state index in [1.807, 2.05) is 4.90 Å². The van der Waals surface area contributed by atoms with Crippen molar-refractivity contribution < 1.29 is 4.79 Å². The fraction of sp³-hybridized carbons (Fsp3) is 0.923. The van der Waals surface area contributed by atoms with E-state index in [9.17, 15) is 4.79 Å². The van der Waals surface area contributed by atoms with Gasteiger partial charge in [-0.2, -0.15) is 0 Å². The molecule has 0 aromatic rings. The summed E-state index contributed by atoms with van der Waals surface area (Å²) in [5, 5.41) is 3.48. The van der Waals surface area contributed by atoms with E-state index in [1.54, 1.807) is 6.92 Å². The number of hydrogen-bond acceptors (Lipinski definition) is 2. The first kappa shape index (κ1) is 13.5. The molecule has 3 nitrogen and oxygen atoms in total. The summed E-state index contributed by atoms with van der Waals surface area (Å²) in [5.74, 6) is 0.922. The van der Waals surface area contributed by atoms with Crippen LogP contribution >= 0.6 is 0 Å². The largest absolute Gasteiger partial charge is 0.341 e. The lowest BCUT2D eigenvalue weighted by Crippen LogP contribution is -2.50. The molecule has 1 aliphatic rings. The Morgan fingerprint density at radius 2 is 2.12 bits per heavy atom. The number of carbonyl (C=O) groups is 1. The lowest BCUT2D eigenvalue weighted by Gasteiger charge is -2.37. The lowest BCUT2D eigenvalue weighted by molar-refractivity contribution is -0.131. The molecule has 0 aromatic carbocycles. The maximum absolute atomic E-state index is 11.5. The van der Waals surface area contributed by atoms with Crippen LogP contribution in [0.5, 0.6) is 0 Å². The van der Waals surface area contributed by atoms with Crippen molar-refractivity contribution in [2.45, 2.75) is 52.5 Å². The van der Waals surface area contributed by atoms with Crippen LogP contribution in [0.2, 0.25) is 0 Å². The number of nitrogens with zero attached hydrogens (tertiary/aromatic N) is 1. The van der Waals surface area contributed by atoms with Crippen molar-refractivity contribution in [3.8, 4) is 0 Å². The molecular weight excluding hydrogens is 200 g/mol. The van der Waals surface area contributed by atoms with Gasteiger partial charge in [0.2, 0.25) is 5.91 Å². The molecule has 1 aliphatic heterocycles. The highest BCUT2D eigenvalue weighted by Crippen LogP contribution is 2.22. The second kappa shape index (κ2) is 6.89. The molecule has 0 aromatic heterocycles. The van der Waals surface area contributed by atoms with Crippen LogP contribution in [0.4, 0.5) is 0 Å². The van der Waals surface area contributed by atoms with Crippen LogP contribution in [-0.2, 0) is 4.79 Å². The highest BCUT2D eigenvalue weighted by molar-refractivity contribution is 5.73. The standard InChI is InChI=1S/C13H26N2O/c1-4-6-7-12-8-13(14-5-2)10-15(9-12)11(3)16/h12-14H,4-10H2,1-3H3. The van der Waals surface area contributed by atoms with E-state index >= 15 is 0 Å². The zero-order valence-electron chi connectivity index (χ0n) is 11.0. The second-order valence-corrected chi connectivity index (χ2v) is 4.92. The molecule has 3 heteroatoms. The molecule has 1 fully saturated rings. The Hall–Kier alpha value is -0.570. The SMILES string of the molecule is CCCCC1CC(NCC)CN(C(C)=O)C1. The molecule has 1 N–H and O–H groups in total. The number of hydrogen-bond donors (Lipinski definition) is 1. The summed E-state index contributed by atoms with van der Waals surface area (Å²) in [6.07, 6.45) is 5.04. The molecule has 1 heterocycles. The molecule has 0 aliphatic carbocycles. The minimum Gasteiger partial charge on any atom is -0.341 e. The van der Waals surface area contributed by atoms with Crippen molar-refractivity contribution in [3.63, 3.8) is 0 Å². The number of likely N-dealkylation sites (tertiary alicyclic amines) is 1. The van der Waals surface area contributed by atoms with Gasteiger partial charge in [-0.15, -0.1) is 0 Å². The van der Waals surface area contributed by atoms with E-state index in [4.69, 9.17) is 0 Å². The van der Waals surface area contributed by atoms with Gasteiger partial charge in [0.15, 0.2) is 0 Å². The van der Waals surface area contributed by atoms with E-state index < -0.39 is 0 Å². The average molecular weight is 226 g/mol. The number of likely N-dealkylation sites (N-methyl/N-ethyl adjacent to an activating group) is 1. The van der Waals surface area contributed by atoms with Crippen molar-refractivity contribution in [1.29, 1.82) is 0 Å². The maximum atomic E-state index is 11.5. The van der Waals surface area contributed by atoms with Gasteiger partial charge in [0, 0.05) is 26.1 Å². The minimum absolute atomic E-state index is 0.226. The zero-order valence-corrected chi connectivity index (χ0v) is 11.0. The molecule has 0 radical (unpaired) electrons. The summed E-state index contributed by atoms with van der Waals surface area (Å²) >= 11 is 0. The predicted octanol–water partition coefficient (Wildman–Crippen LogP) is 2.02. The summed E-state index contributed by atoms with van der Waals surface area (Å²) in [6, 6.07) is 0.504. The van der Waals surface area contributed by atoms with E-state index in [0.29, 0.717) is 12.0 Å². The molecule has 0 bridgehead atoms. The number of nitrogens with one attached hydrogen (secondary N) is 1. The van der Waals surface area contributed by atoms with Crippen molar-refractivity contribution in [2.24, 2.45) is 5.92 Å². The van der Waals surface area contributed by atoms with Crippen LogP contribution in [-0.4, -0.2) is 36.5 Å². The number of piperidine rings is 1. The van der Waals surface area contributed by atoms with Crippen molar-refractivity contribution in [2.75, 3.05) is 19.6 Å². The fourth-order valence-electron chi connectivity index (χ4n) is 2.60. The van der Waals surface area contributed by atoms with Crippen LogP contribution in [0.1, 0.15) is 46.5 Å². The van der Waals surface area contributed by atoms with Crippen LogP contribution in [0.3, 0.4) is 0 Å². The second-order valence-electron chi connectivity index (χ2n) is 4.92. The zero-order chi connectivity index (χ0) is 12.0. The molecule has 1 saturated heterocycles. The van der Waals surface area contributed by atoms with Gasteiger partial charge in [-0.25, -0.2) is 0 Å². The van der Waals surface area contributed by atoms with Gasteiger partial charge in [0.05, 0.1) is 0 Å². The van der Waals surface area contributed by atoms with E-state index in [0.717, 1.165) is 19.6 Å². The highest BCUT2D eigenvalue weighted by Gasteiger charge is 2.27. The molecule has 0 saturated carbocycles. The number of unbranched alkanes of at least 4 members (excludes halogenated alkanes) is 1. The monoisotopic (exact) mass is 226 g/mol. The Morgan fingerprint density at radius 3 is 2.69 bits per heavy atom. The normalized spacial score (nSPS) is 25.8. The maximum Gasteiger partial charge on any atom is 0.219 e. The Morgan fingerprint density at radius 1 is 1.38 bits per heavy atom. The first-order valence-electron chi connectivity index (χ1n) is 6.66. The van der Waals surface area contributed by atoms with Gasteiger partial charge in [-0.05, 0) is 25.3 Å². The molecule has 0 spiro atoms. The van der Waals surface area contributed by atoms with E-state index in [1.165, 1.54) is 25.7 Å². The smallest absolute Gasteiger partial charge is 0.219 e. The first-order chi connectivity index (χ1) is 7.67. The molecule has 1 amide bonds. The molecule has 2 unspecified atom stereocenters. The van der Waals surface area contributed by atoms with Gasteiger partial charge in [-0.3, -0.25) is 4.79 Å². The summed E-state index contributed by atoms with van der Waals surface area (Å²) < 4.78 is 0. The average Bonchev–Trinajstić information content (AvgIpc) is 2.26. The van der Waals surface area contributed by atoms with Crippen molar-refractivity contribution >= 4 is 5.91 Å². The third-order valence-electron chi connectivity index (χ3n) is 3.44. The van der Waals surface area contributed by atoms with Gasteiger partial charge in [-0.1, -0.05) is 26.7 Å². The van der Waals surface area contributed by atoms with Gasteiger partial charge >= 0.3 is 0 Å². The lowest BCUT2D eigenvalue weighted by atomic mass is 9.90. The van der Waals surface area contributed by atoms with Crippen LogP contribution in [0.15, 0.2) is 0 Å². The fourth-order valence-corrected chi connectivity index (χ4v) is 2.60. The minimum atomic E-state index is 0.226. The number of rotatable bonds is 5. The number of carbonyl (C=O) groups excluding carboxylic acids is 1. The summed E-state index contributed by atoms with van der Waals surface area (Å²) in [4.78, 5) is 13.5. The first-order valence-corrected chi connectivity index (χ1v) is 6.66. The van der Waals surface area contributed by atoms with E-state index in [2.05, 4.69) is 19.2 Å². The Labute approximate surface area is 99.6 Å². The Kier molecular flexibility index (Phi) is 5.81. The summed E-state index contributed by atoms with van der Waals surface area (Å²) in [6.45, 7) is 8.91. The summed E-state index contributed by atoms with van der Waals surface area (Å²) in [5.41, 5.74) is 0. The van der Waals surface area contributed by atoms with Gasteiger partial charge in [0.25, 0.3) is 0 Å². The summed E-state index contributed by atoms with van der Waals surface area (Å²) in [7, 11) is 0. The number of amides is 1. The topological polar surface area (TPSA) is 32.3 Å². The molecule has 2 atom stereocenters. The van der Waals surface area contributed by atoms with Crippen LogP contribution in [0.25, 0.3) is 0 Å². The molecular formula is C13H26N2O. The highest BCUT2D eigenvalue weighted by atomic mass is 16.2. The van der Waals surface area contributed by atoms with Crippen molar-refractivity contribution in [1.82, 2.24) is 10.2 Å². The van der Waals surface area contributed by atoms with Crippen LogP contribution in [0, 0.1) is 5.92 Å². The Balaban J connectivity index is 2.48. The van der Waals surface area contributed by atoms with E-state index in [-0.39, 0.29) is 5.91 Å². The van der Waals surface area contributed by atoms with Gasteiger partial charge < -0.3 is 10.2 Å². The third-order valence-corrected chi connectivity index (χ3v) is 3.44.